The molecule has 0 bridgehead atoms. The summed E-state index contributed by atoms with van der Waals surface area (Å²) in [4.78, 5) is 29.2. The molecule has 21 heavy (non-hydrogen) atoms. The van der Waals surface area contributed by atoms with Gasteiger partial charge in [-0.3, -0.25) is 9.78 Å². The number of carbonyl (C=O) groups excluding carboxylic acids is 1. The van der Waals surface area contributed by atoms with Gasteiger partial charge in [0.25, 0.3) is 5.91 Å². The van der Waals surface area contributed by atoms with Crippen LogP contribution in [-0.2, 0) is 11.3 Å². The number of carboxylic acid groups (broad SMARTS) is 1. The Morgan fingerprint density at radius 2 is 2.19 bits per heavy atom. The summed E-state index contributed by atoms with van der Waals surface area (Å²) in [7, 11) is 1.70. The van der Waals surface area contributed by atoms with Gasteiger partial charge in [-0.2, -0.15) is 0 Å². The zero-order valence-corrected chi connectivity index (χ0v) is 12.2. The van der Waals surface area contributed by atoms with Crippen LogP contribution in [0.25, 0.3) is 6.08 Å². The lowest BCUT2D eigenvalue weighted by Crippen LogP contribution is -2.26. The van der Waals surface area contributed by atoms with Gasteiger partial charge in [0.2, 0.25) is 0 Å². The summed E-state index contributed by atoms with van der Waals surface area (Å²) in [6, 6.07) is 7.27. The number of aromatic nitrogens is 1. The first-order valence-corrected chi connectivity index (χ1v) is 7.10. The molecule has 2 heterocycles. The van der Waals surface area contributed by atoms with Crippen LogP contribution in [0.5, 0.6) is 0 Å². The van der Waals surface area contributed by atoms with Crippen molar-refractivity contribution in [3.63, 3.8) is 0 Å². The van der Waals surface area contributed by atoms with E-state index in [-0.39, 0.29) is 5.91 Å². The van der Waals surface area contributed by atoms with E-state index in [1.807, 2.05) is 18.2 Å². The minimum Gasteiger partial charge on any atom is -0.478 e. The van der Waals surface area contributed by atoms with Crippen LogP contribution in [0, 0.1) is 0 Å². The van der Waals surface area contributed by atoms with Gasteiger partial charge in [-0.15, -0.1) is 11.3 Å². The van der Waals surface area contributed by atoms with Crippen molar-refractivity contribution in [2.24, 2.45) is 0 Å². The van der Waals surface area contributed by atoms with E-state index >= 15 is 0 Å². The van der Waals surface area contributed by atoms with Crippen LogP contribution in [0.1, 0.15) is 20.9 Å². The number of aliphatic carboxylic acids is 1. The third kappa shape index (κ3) is 4.00. The fourth-order valence-electron chi connectivity index (χ4n) is 1.77. The third-order valence-corrected chi connectivity index (χ3v) is 3.69. The molecule has 0 atom stereocenters. The van der Waals surface area contributed by atoms with Crippen molar-refractivity contribution >= 4 is 29.3 Å². The summed E-state index contributed by atoms with van der Waals surface area (Å²) in [5.74, 6) is -1.19. The number of rotatable bonds is 5. The topological polar surface area (TPSA) is 70.5 Å². The second kappa shape index (κ2) is 6.81. The first kappa shape index (κ1) is 14.9. The number of carboxylic acids is 1. The van der Waals surface area contributed by atoms with Crippen molar-refractivity contribution in [1.29, 1.82) is 0 Å². The third-order valence-electron chi connectivity index (χ3n) is 2.77. The standard InChI is InChI=1S/C15H14N2O3S/c1-17(10-12-4-2-3-8-16-12)15(20)14-11(7-9-21-14)5-6-13(18)19/h2-9H,10H2,1H3,(H,18,19). The van der Waals surface area contributed by atoms with Crippen molar-refractivity contribution in [2.45, 2.75) is 6.54 Å². The summed E-state index contributed by atoms with van der Waals surface area (Å²) < 4.78 is 0. The normalized spacial score (nSPS) is 10.7. The molecule has 0 unspecified atom stereocenters. The van der Waals surface area contributed by atoms with Gasteiger partial charge < -0.3 is 10.0 Å². The molecule has 0 aliphatic carbocycles. The van der Waals surface area contributed by atoms with Crippen molar-refractivity contribution in [2.75, 3.05) is 7.05 Å². The van der Waals surface area contributed by atoms with Crippen LogP contribution in [0.15, 0.2) is 41.9 Å². The number of hydrogen-bond donors (Lipinski definition) is 1. The Labute approximate surface area is 126 Å². The fraction of sp³-hybridized carbons (Fsp3) is 0.133. The predicted octanol–water partition coefficient (Wildman–Crippen LogP) is 2.51. The second-order valence-electron chi connectivity index (χ2n) is 4.36. The molecule has 2 aromatic rings. The van der Waals surface area contributed by atoms with Crippen molar-refractivity contribution in [3.05, 3.63) is 58.1 Å². The smallest absolute Gasteiger partial charge is 0.328 e. The van der Waals surface area contributed by atoms with Crippen molar-refractivity contribution in [3.8, 4) is 0 Å². The van der Waals surface area contributed by atoms with Crippen LogP contribution in [0.2, 0.25) is 0 Å². The van der Waals surface area contributed by atoms with Gasteiger partial charge in [-0.25, -0.2) is 4.79 Å². The lowest BCUT2D eigenvalue weighted by molar-refractivity contribution is -0.131. The average molecular weight is 302 g/mol. The van der Waals surface area contributed by atoms with Gasteiger partial charge in [0.05, 0.1) is 17.1 Å². The molecule has 6 heteroatoms. The minimum absolute atomic E-state index is 0.152. The Hall–Kier alpha value is -2.47. The summed E-state index contributed by atoms with van der Waals surface area (Å²) in [5.41, 5.74) is 1.41. The van der Waals surface area contributed by atoms with Crippen molar-refractivity contribution in [1.82, 2.24) is 9.88 Å². The molecule has 108 valence electrons. The van der Waals surface area contributed by atoms with E-state index in [1.165, 1.54) is 17.4 Å². The number of amides is 1. The van der Waals surface area contributed by atoms with Crippen LogP contribution in [0.3, 0.4) is 0 Å². The summed E-state index contributed by atoms with van der Waals surface area (Å²) >= 11 is 1.29. The molecular formula is C15H14N2O3S. The van der Waals surface area contributed by atoms with Gasteiger partial charge in [-0.1, -0.05) is 6.07 Å². The fourth-order valence-corrected chi connectivity index (χ4v) is 2.64. The maximum absolute atomic E-state index is 12.4. The SMILES string of the molecule is CN(Cc1ccccn1)C(=O)c1sccc1C=CC(=O)O. The molecule has 0 radical (unpaired) electrons. The lowest BCUT2D eigenvalue weighted by Gasteiger charge is -2.16. The van der Waals surface area contributed by atoms with Crippen LogP contribution >= 0.6 is 11.3 Å². The molecule has 2 aromatic heterocycles. The molecule has 5 nitrogen and oxygen atoms in total. The summed E-state index contributed by atoms with van der Waals surface area (Å²) in [6.45, 7) is 0.402. The lowest BCUT2D eigenvalue weighted by atomic mass is 10.2. The molecule has 0 fully saturated rings. The van der Waals surface area contributed by atoms with Gasteiger partial charge in [0, 0.05) is 19.3 Å². The monoisotopic (exact) mass is 302 g/mol. The Bertz CT molecular complexity index is 665. The number of hydrogen-bond acceptors (Lipinski definition) is 4. The van der Waals surface area contributed by atoms with Crippen molar-refractivity contribution < 1.29 is 14.7 Å². The molecule has 1 N–H and O–H groups in total. The zero-order chi connectivity index (χ0) is 15.2. The van der Waals surface area contributed by atoms with E-state index in [0.29, 0.717) is 17.0 Å². The first-order chi connectivity index (χ1) is 10.1. The van der Waals surface area contributed by atoms with E-state index in [9.17, 15) is 9.59 Å². The zero-order valence-electron chi connectivity index (χ0n) is 11.4. The Morgan fingerprint density at radius 1 is 1.38 bits per heavy atom. The van der Waals surface area contributed by atoms with Crippen LogP contribution < -0.4 is 0 Å². The number of thiophene rings is 1. The van der Waals surface area contributed by atoms with E-state index in [0.717, 1.165) is 11.8 Å². The van der Waals surface area contributed by atoms with E-state index in [2.05, 4.69) is 4.98 Å². The Kier molecular flexibility index (Phi) is 4.84. The summed E-state index contributed by atoms with van der Waals surface area (Å²) in [6.07, 6.45) is 4.14. The van der Waals surface area contributed by atoms with Crippen LogP contribution in [-0.4, -0.2) is 33.9 Å². The molecule has 0 aliphatic rings. The molecule has 0 saturated carbocycles. The highest BCUT2D eigenvalue weighted by Gasteiger charge is 2.16. The molecule has 0 aromatic carbocycles. The van der Waals surface area contributed by atoms with Gasteiger partial charge in [-0.05, 0) is 35.2 Å². The van der Waals surface area contributed by atoms with Gasteiger partial charge in [0.15, 0.2) is 0 Å². The molecule has 0 aliphatic heterocycles. The largest absolute Gasteiger partial charge is 0.478 e. The maximum atomic E-state index is 12.4. The first-order valence-electron chi connectivity index (χ1n) is 6.22. The Morgan fingerprint density at radius 3 is 2.86 bits per heavy atom. The average Bonchev–Trinajstić information content (AvgIpc) is 2.93. The number of nitrogens with zero attached hydrogens (tertiary/aromatic N) is 2. The maximum Gasteiger partial charge on any atom is 0.328 e. The number of carbonyl (C=O) groups is 2. The highest BCUT2D eigenvalue weighted by Crippen LogP contribution is 2.20. The van der Waals surface area contributed by atoms with E-state index in [4.69, 9.17) is 5.11 Å². The summed E-state index contributed by atoms with van der Waals surface area (Å²) in [5, 5.41) is 10.4. The highest BCUT2D eigenvalue weighted by molar-refractivity contribution is 7.12. The molecule has 0 saturated heterocycles. The predicted molar refractivity (Wildman–Crippen MR) is 81.0 cm³/mol. The molecular weight excluding hydrogens is 288 g/mol. The second-order valence-corrected chi connectivity index (χ2v) is 5.28. The highest BCUT2D eigenvalue weighted by atomic mass is 32.1. The van der Waals surface area contributed by atoms with E-state index in [1.54, 1.807) is 29.6 Å². The molecule has 1 amide bonds. The quantitative estimate of drug-likeness (QED) is 0.862. The number of pyridine rings is 1. The molecule has 2 rings (SSSR count). The van der Waals surface area contributed by atoms with E-state index < -0.39 is 5.97 Å². The van der Waals surface area contributed by atoms with Gasteiger partial charge >= 0.3 is 5.97 Å². The Balaban J connectivity index is 2.13. The van der Waals surface area contributed by atoms with Crippen LogP contribution in [0.4, 0.5) is 0 Å². The van der Waals surface area contributed by atoms with Gasteiger partial charge in [0.1, 0.15) is 0 Å². The molecule has 0 spiro atoms. The minimum atomic E-state index is -1.04.